The Morgan fingerprint density at radius 2 is 2.18 bits per heavy atom. The summed E-state index contributed by atoms with van der Waals surface area (Å²) in [7, 11) is 0. The van der Waals surface area contributed by atoms with E-state index in [2.05, 4.69) is 27.4 Å². The van der Waals surface area contributed by atoms with Crippen LogP contribution in [0.4, 0.5) is 0 Å². The van der Waals surface area contributed by atoms with E-state index >= 15 is 0 Å². The molecule has 1 aromatic carbocycles. The van der Waals surface area contributed by atoms with Gasteiger partial charge in [0.1, 0.15) is 0 Å². The van der Waals surface area contributed by atoms with Crippen LogP contribution in [0.15, 0.2) is 35.1 Å². The van der Waals surface area contributed by atoms with Gasteiger partial charge in [0, 0.05) is 24.6 Å². The summed E-state index contributed by atoms with van der Waals surface area (Å²) in [5.41, 5.74) is 4.30. The number of aromatic nitrogens is 4. The van der Waals surface area contributed by atoms with Crippen molar-refractivity contribution in [1.82, 2.24) is 19.9 Å². The summed E-state index contributed by atoms with van der Waals surface area (Å²) in [6.07, 6.45) is 10.6. The van der Waals surface area contributed by atoms with E-state index in [-0.39, 0.29) is 11.7 Å². The lowest BCUT2D eigenvalue weighted by molar-refractivity contribution is 0.0973. The smallest absolute Gasteiger partial charge is 0.226 e. The first-order chi connectivity index (χ1) is 13.7. The van der Waals surface area contributed by atoms with Crippen molar-refractivity contribution in [2.75, 3.05) is 0 Å². The topological polar surface area (TPSA) is 73.8 Å². The highest BCUT2D eigenvalue weighted by molar-refractivity contribution is 5.96. The van der Waals surface area contributed by atoms with Crippen molar-refractivity contribution < 1.29 is 9.32 Å². The number of benzene rings is 1. The van der Waals surface area contributed by atoms with Crippen molar-refractivity contribution in [3.8, 4) is 11.4 Å². The van der Waals surface area contributed by atoms with Gasteiger partial charge in [-0.05, 0) is 55.2 Å². The molecule has 6 heteroatoms. The molecule has 0 saturated heterocycles. The molecule has 2 heterocycles. The van der Waals surface area contributed by atoms with Crippen LogP contribution in [-0.4, -0.2) is 25.7 Å². The monoisotopic (exact) mass is 376 g/mol. The molecule has 2 aliphatic rings. The van der Waals surface area contributed by atoms with E-state index in [0.717, 1.165) is 30.4 Å². The molecule has 0 amide bonds. The van der Waals surface area contributed by atoms with Gasteiger partial charge in [-0.1, -0.05) is 24.2 Å². The van der Waals surface area contributed by atoms with Gasteiger partial charge < -0.3 is 4.52 Å². The van der Waals surface area contributed by atoms with Crippen LogP contribution in [0, 0.1) is 0 Å². The van der Waals surface area contributed by atoms with Crippen LogP contribution in [0.1, 0.15) is 78.4 Å². The van der Waals surface area contributed by atoms with Gasteiger partial charge in [-0.15, -0.1) is 0 Å². The molecule has 1 atom stereocenters. The van der Waals surface area contributed by atoms with Gasteiger partial charge in [-0.3, -0.25) is 9.48 Å². The standard InChI is InChI=1S/C22H24N4O2/c1-2-21-24-22(25-28-21)16-8-9-19-14(10-16)6-7-15(19)11-20(27)17-12-23-26(13-17)18-4-3-5-18/h8-10,12-13,15,18H,2-7,11H2,1H3/t15-/m0/s1. The lowest BCUT2D eigenvalue weighted by atomic mass is 9.92. The van der Waals surface area contributed by atoms with Crippen LogP contribution in [-0.2, 0) is 12.8 Å². The molecule has 1 fully saturated rings. The van der Waals surface area contributed by atoms with Gasteiger partial charge in [0.2, 0.25) is 11.7 Å². The van der Waals surface area contributed by atoms with E-state index in [0.29, 0.717) is 24.2 Å². The van der Waals surface area contributed by atoms with Crippen LogP contribution in [0.2, 0.25) is 0 Å². The lowest BCUT2D eigenvalue weighted by Crippen LogP contribution is -2.17. The summed E-state index contributed by atoms with van der Waals surface area (Å²) in [6, 6.07) is 6.82. The molecule has 0 spiro atoms. The quantitative estimate of drug-likeness (QED) is 0.591. The highest BCUT2D eigenvalue weighted by atomic mass is 16.5. The van der Waals surface area contributed by atoms with Crippen molar-refractivity contribution in [3.63, 3.8) is 0 Å². The predicted octanol–water partition coefficient (Wildman–Crippen LogP) is 4.52. The number of carbonyl (C=O) groups is 1. The van der Waals surface area contributed by atoms with Crippen LogP contribution in [0.25, 0.3) is 11.4 Å². The van der Waals surface area contributed by atoms with E-state index in [1.165, 1.54) is 30.4 Å². The molecule has 3 aromatic rings. The number of ketones is 1. The zero-order valence-corrected chi connectivity index (χ0v) is 16.1. The second-order valence-electron chi connectivity index (χ2n) is 7.94. The van der Waals surface area contributed by atoms with Gasteiger partial charge in [0.05, 0.1) is 17.8 Å². The molecule has 2 aliphatic carbocycles. The van der Waals surface area contributed by atoms with Crippen LogP contribution < -0.4 is 0 Å². The number of nitrogens with zero attached hydrogens (tertiary/aromatic N) is 4. The normalized spacial score (nSPS) is 18.8. The number of hydrogen-bond acceptors (Lipinski definition) is 5. The Morgan fingerprint density at radius 1 is 1.29 bits per heavy atom. The summed E-state index contributed by atoms with van der Waals surface area (Å²) in [4.78, 5) is 17.2. The predicted molar refractivity (Wildman–Crippen MR) is 104 cm³/mol. The lowest BCUT2D eigenvalue weighted by Gasteiger charge is -2.25. The average molecular weight is 376 g/mol. The number of aryl methyl sites for hydroxylation is 2. The molecule has 5 rings (SSSR count). The van der Waals surface area contributed by atoms with E-state index < -0.39 is 0 Å². The summed E-state index contributed by atoms with van der Waals surface area (Å²) in [5, 5.41) is 8.47. The van der Waals surface area contributed by atoms with Gasteiger partial charge in [0.25, 0.3) is 0 Å². The number of hydrogen-bond donors (Lipinski definition) is 0. The van der Waals surface area contributed by atoms with E-state index in [9.17, 15) is 4.79 Å². The number of fused-ring (bicyclic) bond motifs is 1. The Bertz CT molecular complexity index is 1020. The SMILES string of the molecule is CCc1nc(-c2ccc3c(c2)CC[C@H]3CC(=O)c2cnn(C3CCC3)c2)no1. The van der Waals surface area contributed by atoms with Gasteiger partial charge in [-0.25, -0.2) is 0 Å². The van der Waals surface area contributed by atoms with E-state index in [4.69, 9.17) is 4.52 Å². The van der Waals surface area contributed by atoms with Crippen molar-refractivity contribution in [1.29, 1.82) is 0 Å². The van der Waals surface area contributed by atoms with Gasteiger partial charge in [-0.2, -0.15) is 10.1 Å². The highest BCUT2D eigenvalue weighted by Crippen LogP contribution is 2.38. The fraction of sp³-hybridized carbons (Fsp3) is 0.455. The third-order valence-corrected chi connectivity index (χ3v) is 6.18. The molecule has 2 aromatic heterocycles. The Labute approximate surface area is 164 Å². The first-order valence-corrected chi connectivity index (χ1v) is 10.2. The number of carbonyl (C=O) groups excluding carboxylic acids is 1. The Morgan fingerprint density at radius 3 is 2.93 bits per heavy atom. The maximum atomic E-state index is 12.8. The second-order valence-corrected chi connectivity index (χ2v) is 7.94. The van der Waals surface area contributed by atoms with E-state index in [1.54, 1.807) is 6.20 Å². The van der Waals surface area contributed by atoms with Crippen LogP contribution in [0.3, 0.4) is 0 Å². The van der Waals surface area contributed by atoms with Gasteiger partial charge in [0.15, 0.2) is 5.78 Å². The molecule has 0 unspecified atom stereocenters. The fourth-order valence-electron chi connectivity index (χ4n) is 4.25. The second kappa shape index (κ2) is 7.00. The van der Waals surface area contributed by atoms with Crippen molar-refractivity contribution in [3.05, 3.63) is 53.2 Å². The average Bonchev–Trinajstić information content (AvgIpc) is 3.39. The van der Waals surface area contributed by atoms with Crippen LogP contribution in [0.5, 0.6) is 0 Å². The molecule has 0 N–H and O–H groups in total. The third kappa shape index (κ3) is 3.07. The van der Waals surface area contributed by atoms with Crippen molar-refractivity contribution >= 4 is 5.78 Å². The summed E-state index contributed by atoms with van der Waals surface area (Å²) >= 11 is 0. The van der Waals surface area contributed by atoms with E-state index in [1.807, 2.05) is 23.9 Å². The largest absolute Gasteiger partial charge is 0.339 e. The number of Topliss-reactive ketones (excluding diaryl/α,β-unsaturated/α-hetero) is 1. The first-order valence-electron chi connectivity index (χ1n) is 10.2. The molecular weight excluding hydrogens is 352 g/mol. The van der Waals surface area contributed by atoms with Gasteiger partial charge >= 0.3 is 0 Å². The molecule has 28 heavy (non-hydrogen) atoms. The highest BCUT2D eigenvalue weighted by Gasteiger charge is 2.27. The summed E-state index contributed by atoms with van der Waals surface area (Å²) in [6.45, 7) is 2.00. The Kier molecular flexibility index (Phi) is 4.34. The molecule has 0 aliphatic heterocycles. The minimum atomic E-state index is 0.193. The molecule has 0 radical (unpaired) electrons. The first kappa shape index (κ1) is 17.3. The summed E-state index contributed by atoms with van der Waals surface area (Å²) < 4.78 is 7.20. The Balaban J connectivity index is 1.30. The van der Waals surface area contributed by atoms with Crippen molar-refractivity contribution in [2.24, 2.45) is 0 Å². The minimum absolute atomic E-state index is 0.193. The molecule has 1 saturated carbocycles. The molecular formula is C22H24N4O2. The summed E-state index contributed by atoms with van der Waals surface area (Å²) in [5.74, 6) is 1.77. The minimum Gasteiger partial charge on any atom is -0.339 e. The number of rotatable bonds is 6. The fourth-order valence-corrected chi connectivity index (χ4v) is 4.25. The van der Waals surface area contributed by atoms with Crippen LogP contribution >= 0.6 is 0 Å². The molecule has 0 bridgehead atoms. The van der Waals surface area contributed by atoms with Crippen molar-refractivity contribution in [2.45, 2.75) is 63.8 Å². The zero-order chi connectivity index (χ0) is 19.1. The zero-order valence-electron chi connectivity index (χ0n) is 16.1. The molecule has 6 nitrogen and oxygen atoms in total. The maximum Gasteiger partial charge on any atom is 0.226 e. The Hall–Kier alpha value is -2.76. The molecule has 144 valence electrons. The maximum absolute atomic E-state index is 12.8. The third-order valence-electron chi connectivity index (χ3n) is 6.18.